The first kappa shape index (κ1) is 18.9. The maximum Gasteiger partial charge on any atom is 0.345 e. The molecule has 2 aromatic carbocycles. The lowest BCUT2D eigenvalue weighted by atomic mass is 10.2. The normalized spacial score (nSPS) is 11.6. The molecular formula is C15H12BrClFNO4S. The van der Waals surface area contributed by atoms with Crippen LogP contribution in [0.1, 0.15) is 10.4 Å². The highest BCUT2D eigenvalue weighted by Gasteiger charge is 2.22. The largest absolute Gasteiger partial charge is 0.420 e. The highest BCUT2D eigenvalue weighted by atomic mass is 79.9. The van der Waals surface area contributed by atoms with Crippen molar-refractivity contribution in [1.82, 2.24) is 4.31 Å². The molecule has 0 fully saturated rings. The van der Waals surface area contributed by atoms with Crippen molar-refractivity contribution in [1.29, 1.82) is 0 Å². The molecule has 0 aliphatic rings. The number of nitrogens with zero attached hydrogens (tertiary/aromatic N) is 1. The predicted octanol–water partition coefficient (Wildman–Crippen LogP) is 3.71. The van der Waals surface area contributed by atoms with Crippen LogP contribution in [0.15, 0.2) is 45.8 Å². The summed E-state index contributed by atoms with van der Waals surface area (Å²) in [5, 5.41) is -0.00442. The summed E-state index contributed by atoms with van der Waals surface area (Å²) in [6.45, 7) is 0. The van der Waals surface area contributed by atoms with Crippen molar-refractivity contribution in [2.75, 3.05) is 14.1 Å². The van der Waals surface area contributed by atoms with Gasteiger partial charge in [-0.15, -0.1) is 0 Å². The van der Waals surface area contributed by atoms with E-state index in [0.717, 1.165) is 16.4 Å². The van der Waals surface area contributed by atoms with Gasteiger partial charge in [-0.25, -0.2) is 21.9 Å². The van der Waals surface area contributed by atoms with Crippen molar-refractivity contribution in [3.63, 3.8) is 0 Å². The minimum absolute atomic E-state index is 0.00442. The summed E-state index contributed by atoms with van der Waals surface area (Å²) < 4.78 is 44.5. The molecule has 128 valence electrons. The van der Waals surface area contributed by atoms with E-state index >= 15 is 0 Å². The van der Waals surface area contributed by atoms with E-state index in [1.807, 2.05) is 0 Å². The molecule has 0 amide bonds. The second-order valence-electron chi connectivity index (χ2n) is 4.89. The monoisotopic (exact) mass is 435 g/mol. The van der Waals surface area contributed by atoms with Gasteiger partial charge in [0, 0.05) is 18.6 Å². The van der Waals surface area contributed by atoms with Gasteiger partial charge in [-0.3, -0.25) is 0 Å². The van der Waals surface area contributed by atoms with Crippen LogP contribution in [0.3, 0.4) is 0 Å². The standard InChI is InChI=1S/C15H12BrClFNO4S/c1-19(2)24(21,22)10-4-5-12(17)11(8-10)15(20)23-14-6-3-9(16)7-13(14)18/h3-8H,1-2H3. The number of hydrogen-bond acceptors (Lipinski definition) is 4. The summed E-state index contributed by atoms with van der Waals surface area (Å²) in [4.78, 5) is 12.1. The first-order chi connectivity index (χ1) is 11.1. The Morgan fingerprint density at radius 3 is 2.46 bits per heavy atom. The molecule has 0 N–H and O–H groups in total. The molecule has 0 saturated heterocycles. The Morgan fingerprint density at radius 2 is 1.88 bits per heavy atom. The van der Waals surface area contributed by atoms with E-state index in [0.29, 0.717) is 4.47 Å². The SMILES string of the molecule is CN(C)S(=O)(=O)c1ccc(Cl)c(C(=O)Oc2ccc(Br)cc2F)c1. The molecule has 0 spiro atoms. The Morgan fingerprint density at radius 1 is 1.21 bits per heavy atom. The quantitative estimate of drug-likeness (QED) is 0.541. The van der Waals surface area contributed by atoms with Crippen LogP contribution in [0.4, 0.5) is 4.39 Å². The van der Waals surface area contributed by atoms with Crippen LogP contribution in [-0.4, -0.2) is 32.8 Å². The zero-order valence-electron chi connectivity index (χ0n) is 12.6. The first-order valence-electron chi connectivity index (χ1n) is 6.52. The number of ether oxygens (including phenoxy) is 1. The van der Waals surface area contributed by atoms with Crippen LogP contribution in [0.25, 0.3) is 0 Å². The molecule has 0 atom stereocenters. The fourth-order valence-corrected chi connectivity index (χ4v) is 3.20. The van der Waals surface area contributed by atoms with Crippen LogP contribution in [0.5, 0.6) is 5.75 Å². The van der Waals surface area contributed by atoms with Gasteiger partial charge >= 0.3 is 5.97 Å². The molecule has 0 heterocycles. The van der Waals surface area contributed by atoms with Gasteiger partial charge in [-0.05, 0) is 36.4 Å². The van der Waals surface area contributed by atoms with E-state index in [4.69, 9.17) is 16.3 Å². The van der Waals surface area contributed by atoms with Gasteiger partial charge in [0.05, 0.1) is 15.5 Å². The van der Waals surface area contributed by atoms with Gasteiger partial charge in [0.2, 0.25) is 10.0 Å². The number of carbonyl (C=O) groups excluding carboxylic acids is 1. The van der Waals surface area contributed by atoms with Gasteiger partial charge in [-0.1, -0.05) is 27.5 Å². The lowest BCUT2D eigenvalue weighted by Crippen LogP contribution is -2.22. The number of benzene rings is 2. The zero-order valence-corrected chi connectivity index (χ0v) is 15.7. The third-order valence-electron chi connectivity index (χ3n) is 3.03. The summed E-state index contributed by atoms with van der Waals surface area (Å²) in [5.41, 5.74) is -0.179. The smallest absolute Gasteiger partial charge is 0.345 e. The van der Waals surface area contributed by atoms with Crippen molar-refractivity contribution in [2.24, 2.45) is 0 Å². The van der Waals surface area contributed by atoms with Crippen LogP contribution in [0, 0.1) is 5.82 Å². The summed E-state index contributed by atoms with van der Waals surface area (Å²) >= 11 is 9.03. The van der Waals surface area contributed by atoms with Gasteiger partial charge in [0.25, 0.3) is 0 Å². The fraction of sp³-hybridized carbons (Fsp3) is 0.133. The van der Waals surface area contributed by atoms with E-state index in [1.165, 1.54) is 38.4 Å². The number of halogens is 3. The summed E-state index contributed by atoms with van der Waals surface area (Å²) in [5.74, 6) is -2.00. The van der Waals surface area contributed by atoms with Gasteiger partial charge < -0.3 is 4.74 Å². The fourth-order valence-electron chi connectivity index (χ4n) is 1.74. The van der Waals surface area contributed by atoms with Crippen LogP contribution in [-0.2, 0) is 10.0 Å². The Balaban J connectivity index is 2.39. The number of esters is 1. The van der Waals surface area contributed by atoms with Crippen LogP contribution >= 0.6 is 27.5 Å². The maximum atomic E-state index is 13.8. The van der Waals surface area contributed by atoms with Crippen molar-refractivity contribution in [2.45, 2.75) is 4.90 Å². The second kappa shape index (κ2) is 7.18. The molecule has 9 heteroatoms. The second-order valence-corrected chi connectivity index (χ2v) is 8.37. The summed E-state index contributed by atoms with van der Waals surface area (Å²) in [7, 11) is -1.03. The molecule has 0 aliphatic heterocycles. The topological polar surface area (TPSA) is 63.7 Å². The third-order valence-corrected chi connectivity index (χ3v) is 5.67. The molecule has 0 radical (unpaired) electrons. The molecule has 0 saturated carbocycles. The van der Waals surface area contributed by atoms with E-state index in [9.17, 15) is 17.6 Å². The highest BCUT2D eigenvalue weighted by molar-refractivity contribution is 9.10. The van der Waals surface area contributed by atoms with Crippen molar-refractivity contribution >= 4 is 43.5 Å². The lowest BCUT2D eigenvalue weighted by molar-refractivity contribution is 0.0727. The zero-order chi connectivity index (χ0) is 18.1. The van der Waals surface area contributed by atoms with Crippen molar-refractivity contribution in [3.8, 4) is 5.75 Å². The number of rotatable bonds is 4. The first-order valence-corrected chi connectivity index (χ1v) is 9.13. The molecule has 0 aromatic heterocycles. The Hall–Kier alpha value is -1.48. The maximum absolute atomic E-state index is 13.8. The van der Waals surface area contributed by atoms with Crippen molar-refractivity contribution < 1.29 is 22.3 Å². The molecule has 0 bridgehead atoms. The van der Waals surface area contributed by atoms with E-state index in [1.54, 1.807) is 0 Å². The van der Waals surface area contributed by atoms with Crippen LogP contribution < -0.4 is 4.74 Å². The number of carbonyl (C=O) groups is 1. The van der Waals surface area contributed by atoms with Gasteiger partial charge in [0.1, 0.15) is 0 Å². The molecular weight excluding hydrogens is 425 g/mol. The number of hydrogen-bond donors (Lipinski definition) is 0. The molecule has 0 aliphatic carbocycles. The molecule has 5 nitrogen and oxygen atoms in total. The highest BCUT2D eigenvalue weighted by Crippen LogP contribution is 2.26. The van der Waals surface area contributed by atoms with E-state index in [-0.39, 0.29) is 21.2 Å². The Kier molecular flexibility index (Phi) is 5.64. The summed E-state index contributed by atoms with van der Waals surface area (Å²) in [6, 6.07) is 7.54. The average Bonchev–Trinajstić information content (AvgIpc) is 2.50. The molecule has 2 rings (SSSR count). The predicted molar refractivity (Wildman–Crippen MR) is 91.4 cm³/mol. The van der Waals surface area contributed by atoms with Gasteiger partial charge in [0.15, 0.2) is 11.6 Å². The van der Waals surface area contributed by atoms with Crippen molar-refractivity contribution in [3.05, 3.63) is 57.3 Å². The molecule has 2 aromatic rings. The van der Waals surface area contributed by atoms with E-state index < -0.39 is 21.8 Å². The van der Waals surface area contributed by atoms with Gasteiger partial charge in [-0.2, -0.15) is 0 Å². The minimum Gasteiger partial charge on any atom is -0.420 e. The third kappa shape index (κ3) is 3.94. The minimum atomic E-state index is -3.75. The van der Waals surface area contributed by atoms with Crippen LogP contribution in [0.2, 0.25) is 5.02 Å². The average molecular weight is 437 g/mol. The lowest BCUT2D eigenvalue weighted by Gasteiger charge is -2.13. The molecule has 24 heavy (non-hydrogen) atoms. The Labute approximate surface area is 152 Å². The Bertz CT molecular complexity index is 902. The summed E-state index contributed by atoms with van der Waals surface area (Å²) in [6.07, 6.45) is 0. The molecule has 0 unspecified atom stereocenters. The van der Waals surface area contributed by atoms with E-state index in [2.05, 4.69) is 15.9 Å². The number of sulfonamides is 1.